The van der Waals surface area contributed by atoms with Crippen LogP contribution in [0.3, 0.4) is 0 Å². The molecular weight excluding hydrogens is 262 g/mol. The maximum absolute atomic E-state index is 11.8. The van der Waals surface area contributed by atoms with Crippen LogP contribution < -0.4 is 16.0 Å². The molecule has 1 heterocycles. The van der Waals surface area contributed by atoms with Crippen molar-refractivity contribution in [3.8, 4) is 0 Å². The predicted octanol–water partition coefficient (Wildman–Crippen LogP) is 0.208. The average molecular weight is 277 g/mol. The summed E-state index contributed by atoms with van der Waals surface area (Å²) in [6.45, 7) is 1.87. The summed E-state index contributed by atoms with van der Waals surface area (Å²) in [4.78, 5) is 35.8. The molecule has 106 valence electrons. The summed E-state index contributed by atoms with van der Waals surface area (Å²) in [7, 11) is 0. The van der Waals surface area contributed by atoms with E-state index >= 15 is 0 Å². The standard InChI is InChI=1S/C13H15N3O4/c1-2-10-12(18)15-11(17)6-16(10)7-3-4-8(13(19)20)9(14)5-7/h3-5,10H,2,6,14H2,1H3,(H,19,20)(H,15,17,18). The Labute approximate surface area is 115 Å². The number of rotatable bonds is 3. The summed E-state index contributed by atoms with van der Waals surface area (Å²) in [6.07, 6.45) is 0.527. The second-order valence-electron chi connectivity index (χ2n) is 4.54. The van der Waals surface area contributed by atoms with Crippen LogP contribution in [0.2, 0.25) is 0 Å². The quantitative estimate of drug-likeness (QED) is 0.537. The van der Waals surface area contributed by atoms with Crippen LogP contribution in [0.1, 0.15) is 23.7 Å². The van der Waals surface area contributed by atoms with Gasteiger partial charge in [-0.1, -0.05) is 6.92 Å². The highest BCUT2D eigenvalue weighted by atomic mass is 16.4. The van der Waals surface area contributed by atoms with Gasteiger partial charge in [0, 0.05) is 11.4 Å². The molecule has 1 aliphatic heterocycles. The highest BCUT2D eigenvalue weighted by molar-refractivity contribution is 6.05. The minimum absolute atomic E-state index is 0.00501. The molecule has 1 aliphatic rings. The van der Waals surface area contributed by atoms with E-state index in [0.717, 1.165) is 0 Å². The number of anilines is 2. The second-order valence-corrected chi connectivity index (χ2v) is 4.54. The molecule has 0 aromatic heterocycles. The van der Waals surface area contributed by atoms with Crippen molar-refractivity contribution in [3.63, 3.8) is 0 Å². The number of nitrogens with two attached hydrogens (primary N) is 1. The van der Waals surface area contributed by atoms with Gasteiger partial charge in [0.1, 0.15) is 6.04 Å². The van der Waals surface area contributed by atoms with Gasteiger partial charge in [0.15, 0.2) is 0 Å². The SMILES string of the molecule is CCC1C(=O)NC(=O)CN1c1ccc(C(=O)O)c(N)c1. The third kappa shape index (κ3) is 2.42. The lowest BCUT2D eigenvalue weighted by Gasteiger charge is -2.35. The Bertz CT molecular complexity index is 585. The number of amides is 2. The number of carbonyl (C=O) groups is 3. The normalized spacial score (nSPS) is 18.9. The van der Waals surface area contributed by atoms with E-state index in [4.69, 9.17) is 10.8 Å². The van der Waals surface area contributed by atoms with E-state index < -0.39 is 12.0 Å². The van der Waals surface area contributed by atoms with E-state index in [1.807, 2.05) is 6.92 Å². The summed E-state index contributed by atoms with van der Waals surface area (Å²) >= 11 is 0. The third-order valence-corrected chi connectivity index (χ3v) is 3.24. The second kappa shape index (κ2) is 5.20. The van der Waals surface area contributed by atoms with Gasteiger partial charge in [0.25, 0.3) is 0 Å². The number of imide groups is 1. The Morgan fingerprint density at radius 2 is 2.20 bits per heavy atom. The number of nitrogen functional groups attached to an aromatic ring is 1. The number of carboxylic acids is 1. The first kappa shape index (κ1) is 13.9. The van der Waals surface area contributed by atoms with Gasteiger partial charge in [-0.2, -0.15) is 0 Å². The van der Waals surface area contributed by atoms with Crippen LogP contribution in [0, 0.1) is 0 Å². The zero-order valence-corrected chi connectivity index (χ0v) is 10.9. The van der Waals surface area contributed by atoms with Crippen molar-refractivity contribution in [1.82, 2.24) is 5.32 Å². The summed E-state index contributed by atoms with van der Waals surface area (Å²) in [6, 6.07) is 3.92. The minimum atomic E-state index is -1.12. The van der Waals surface area contributed by atoms with Gasteiger partial charge in [-0.3, -0.25) is 14.9 Å². The highest BCUT2D eigenvalue weighted by Gasteiger charge is 2.32. The maximum Gasteiger partial charge on any atom is 0.337 e. The molecule has 1 unspecified atom stereocenters. The Morgan fingerprint density at radius 3 is 2.75 bits per heavy atom. The zero-order chi connectivity index (χ0) is 14.9. The molecule has 2 amide bonds. The van der Waals surface area contributed by atoms with Gasteiger partial charge >= 0.3 is 5.97 Å². The molecule has 0 bridgehead atoms. The lowest BCUT2D eigenvalue weighted by molar-refractivity contribution is -0.132. The zero-order valence-electron chi connectivity index (χ0n) is 10.9. The van der Waals surface area contributed by atoms with Crippen LogP contribution in [0.25, 0.3) is 0 Å². The van der Waals surface area contributed by atoms with Crippen molar-refractivity contribution >= 4 is 29.2 Å². The first-order valence-corrected chi connectivity index (χ1v) is 6.17. The van der Waals surface area contributed by atoms with E-state index in [2.05, 4.69) is 5.32 Å². The molecule has 1 fully saturated rings. The molecule has 0 aliphatic carbocycles. The van der Waals surface area contributed by atoms with E-state index in [-0.39, 0.29) is 29.6 Å². The van der Waals surface area contributed by atoms with Crippen molar-refractivity contribution in [2.24, 2.45) is 0 Å². The van der Waals surface area contributed by atoms with E-state index in [0.29, 0.717) is 12.1 Å². The van der Waals surface area contributed by atoms with Gasteiger partial charge in [-0.15, -0.1) is 0 Å². The molecule has 0 saturated carbocycles. The van der Waals surface area contributed by atoms with Gasteiger partial charge in [0.2, 0.25) is 11.8 Å². The average Bonchev–Trinajstić information content (AvgIpc) is 2.37. The van der Waals surface area contributed by atoms with E-state index in [1.54, 1.807) is 11.0 Å². The minimum Gasteiger partial charge on any atom is -0.478 e. The number of benzene rings is 1. The third-order valence-electron chi connectivity index (χ3n) is 3.24. The molecule has 7 nitrogen and oxygen atoms in total. The van der Waals surface area contributed by atoms with Crippen molar-refractivity contribution in [1.29, 1.82) is 0 Å². The molecule has 0 radical (unpaired) electrons. The molecular formula is C13H15N3O4. The molecule has 1 aromatic carbocycles. The predicted molar refractivity (Wildman–Crippen MR) is 72.4 cm³/mol. The topological polar surface area (TPSA) is 113 Å². The lowest BCUT2D eigenvalue weighted by atomic mass is 10.1. The maximum atomic E-state index is 11.8. The first-order valence-electron chi connectivity index (χ1n) is 6.17. The van der Waals surface area contributed by atoms with Gasteiger partial charge in [-0.25, -0.2) is 4.79 Å². The van der Waals surface area contributed by atoms with Crippen molar-refractivity contribution in [2.75, 3.05) is 17.2 Å². The molecule has 1 atom stereocenters. The largest absolute Gasteiger partial charge is 0.478 e. The molecule has 4 N–H and O–H groups in total. The van der Waals surface area contributed by atoms with Crippen LogP contribution in [0.5, 0.6) is 0 Å². The summed E-state index contributed by atoms with van der Waals surface area (Å²) < 4.78 is 0. The van der Waals surface area contributed by atoms with Crippen molar-refractivity contribution < 1.29 is 19.5 Å². The van der Waals surface area contributed by atoms with Crippen LogP contribution in [-0.4, -0.2) is 35.5 Å². The fourth-order valence-electron chi connectivity index (χ4n) is 2.27. The van der Waals surface area contributed by atoms with Crippen molar-refractivity contribution in [3.05, 3.63) is 23.8 Å². The summed E-state index contributed by atoms with van der Waals surface area (Å²) in [5.74, 6) is -1.86. The van der Waals surface area contributed by atoms with Crippen LogP contribution in [-0.2, 0) is 9.59 Å². The number of nitrogens with zero attached hydrogens (tertiary/aromatic N) is 1. The van der Waals surface area contributed by atoms with Crippen LogP contribution in [0.4, 0.5) is 11.4 Å². The molecule has 1 aromatic rings. The molecule has 2 rings (SSSR count). The number of aromatic carboxylic acids is 1. The van der Waals surface area contributed by atoms with Gasteiger partial charge in [-0.05, 0) is 24.6 Å². The Morgan fingerprint density at radius 1 is 1.50 bits per heavy atom. The fraction of sp³-hybridized carbons (Fsp3) is 0.308. The number of hydrogen-bond donors (Lipinski definition) is 3. The first-order chi connectivity index (χ1) is 9.43. The van der Waals surface area contributed by atoms with Gasteiger partial charge < -0.3 is 15.7 Å². The number of carbonyl (C=O) groups excluding carboxylic acids is 2. The molecule has 0 spiro atoms. The van der Waals surface area contributed by atoms with E-state index in [1.165, 1.54) is 12.1 Å². The fourth-order valence-corrected chi connectivity index (χ4v) is 2.27. The summed E-state index contributed by atoms with van der Waals surface area (Å²) in [5, 5.41) is 11.2. The Kier molecular flexibility index (Phi) is 3.60. The number of nitrogens with one attached hydrogen (secondary N) is 1. The molecule has 20 heavy (non-hydrogen) atoms. The highest BCUT2D eigenvalue weighted by Crippen LogP contribution is 2.25. The molecule has 1 saturated heterocycles. The number of hydrogen-bond acceptors (Lipinski definition) is 5. The monoisotopic (exact) mass is 277 g/mol. The van der Waals surface area contributed by atoms with Gasteiger partial charge in [0.05, 0.1) is 12.1 Å². The van der Waals surface area contributed by atoms with Crippen LogP contribution >= 0.6 is 0 Å². The van der Waals surface area contributed by atoms with Crippen molar-refractivity contribution in [2.45, 2.75) is 19.4 Å². The smallest absolute Gasteiger partial charge is 0.337 e. The summed E-state index contributed by atoms with van der Waals surface area (Å²) in [5.41, 5.74) is 6.35. The number of piperazine rings is 1. The van der Waals surface area contributed by atoms with E-state index in [9.17, 15) is 14.4 Å². The Balaban J connectivity index is 2.38. The molecule has 7 heteroatoms. The van der Waals surface area contributed by atoms with Crippen LogP contribution in [0.15, 0.2) is 18.2 Å². The lowest BCUT2D eigenvalue weighted by Crippen LogP contribution is -2.58. The number of carboxylic acid groups (broad SMARTS) is 1. The Hall–Kier alpha value is -2.57.